The number of hydrogen-bond acceptors (Lipinski definition) is 12. The Morgan fingerprint density at radius 1 is 1.05 bits per heavy atom. The number of carbonyl (C=O) groups excluding carboxylic acids is 2. The summed E-state index contributed by atoms with van der Waals surface area (Å²) in [5.41, 5.74) is 9.06. The van der Waals surface area contributed by atoms with Crippen LogP contribution in [-0.2, 0) is 9.59 Å². The standard InChI is InChI=1S/C43H48N8O6S/c1-23(2)38(43(55)51-21-30(52)16-34(51)42(54)45-25(4)27-10-12-28(13-11-27)40-26(5)44-22-58-40)36-18-37(49-57-36)56-15-14-50-19-29(20-50)39-24(3)32-17-33(47-48-41(32)46-39)31-8-6-7-9-35(31)53/h6-13,17-18,22-23,25,29-30,34,38,52-53H,14-16,19-21H2,1-5H3,(H,45,54)(H,46,48)/t25-,30+,34-,38+/m0/s1. The molecule has 2 amide bonds. The predicted molar refractivity (Wildman–Crippen MR) is 219 cm³/mol. The van der Waals surface area contributed by atoms with Gasteiger partial charge < -0.3 is 34.7 Å². The number of nitrogens with one attached hydrogen (secondary N) is 2. The van der Waals surface area contributed by atoms with Crippen molar-refractivity contribution in [1.82, 2.24) is 40.4 Å². The molecule has 0 spiro atoms. The molecule has 0 unspecified atom stereocenters. The van der Waals surface area contributed by atoms with Crippen molar-refractivity contribution in [2.24, 2.45) is 5.92 Å². The molecule has 14 nitrogen and oxygen atoms in total. The molecule has 4 N–H and O–H groups in total. The number of aromatic hydroxyl groups is 1. The molecule has 6 aromatic rings. The monoisotopic (exact) mass is 804 g/mol. The van der Waals surface area contributed by atoms with Crippen LogP contribution >= 0.6 is 11.3 Å². The van der Waals surface area contributed by atoms with Gasteiger partial charge >= 0.3 is 0 Å². The molecule has 2 fully saturated rings. The van der Waals surface area contributed by atoms with Crippen LogP contribution in [0.15, 0.2) is 70.7 Å². The van der Waals surface area contributed by atoms with Crippen molar-refractivity contribution in [2.75, 3.05) is 32.8 Å². The SMILES string of the molecule is Cc1ncsc1-c1ccc([C@H](C)NC(=O)[C@@H]2C[C@@H](O)CN2C(=O)[C@@H](c2cc(OCCN3CC(c4[nH]c5nnc(-c6ccccc6O)cc5c4C)C3)no2)C(C)C)cc1. The lowest BCUT2D eigenvalue weighted by Gasteiger charge is -2.39. The van der Waals surface area contributed by atoms with Crippen molar-refractivity contribution < 1.29 is 29.1 Å². The average Bonchev–Trinajstić information content (AvgIpc) is 4.00. The van der Waals surface area contributed by atoms with E-state index in [4.69, 9.17) is 9.26 Å². The summed E-state index contributed by atoms with van der Waals surface area (Å²) in [5, 5.41) is 37.9. The molecular formula is C43H48N8O6S. The zero-order valence-corrected chi connectivity index (χ0v) is 34.0. The minimum Gasteiger partial charge on any atom is -0.507 e. The molecular weight excluding hydrogens is 757 g/mol. The maximum absolute atomic E-state index is 14.1. The van der Waals surface area contributed by atoms with Gasteiger partial charge in [0.25, 0.3) is 5.88 Å². The van der Waals surface area contributed by atoms with Crippen molar-refractivity contribution in [2.45, 2.75) is 71.1 Å². The van der Waals surface area contributed by atoms with Gasteiger partial charge in [0.1, 0.15) is 24.3 Å². The number of phenolic OH excluding ortho intramolecular Hbond substituents is 1. The van der Waals surface area contributed by atoms with Crippen molar-refractivity contribution in [3.05, 3.63) is 94.4 Å². The highest BCUT2D eigenvalue weighted by Crippen LogP contribution is 2.36. The lowest BCUT2D eigenvalue weighted by molar-refractivity contribution is -0.141. The molecule has 0 bridgehead atoms. The topological polar surface area (TPSA) is 183 Å². The summed E-state index contributed by atoms with van der Waals surface area (Å²) in [7, 11) is 0. The molecule has 2 aliphatic heterocycles. The number of aryl methyl sites for hydroxylation is 2. The molecule has 2 aromatic carbocycles. The summed E-state index contributed by atoms with van der Waals surface area (Å²) in [6, 6.07) is 17.6. The first kappa shape index (κ1) is 39.2. The van der Waals surface area contributed by atoms with Gasteiger partial charge in [-0.3, -0.25) is 14.5 Å². The average molecular weight is 805 g/mol. The number of fused-ring (bicyclic) bond motifs is 1. The molecule has 4 atom stereocenters. The number of aliphatic hydroxyl groups excluding tert-OH is 1. The van der Waals surface area contributed by atoms with E-state index in [0.717, 1.165) is 57.1 Å². The highest BCUT2D eigenvalue weighted by Gasteiger charge is 2.43. The summed E-state index contributed by atoms with van der Waals surface area (Å²) in [5.74, 6) is -0.397. The Labute approximate surface area is 340 Å². The quantitative estimate of drug-likeness (QED) is 0.106. The number of rotatable bonds is 13. The van der Waals surface area contributed by atoms with Crippen LogP contribution in [0.4, 0.5) is 0 Å². The number of amides is 2. The maximum atomic E-state index is 14.1. The zero-order valence-electron chi connectivity index (χ0n) is 33.2. The van der Waals surface area contributed by atoms with E-state index in [0.29, 0.717) is 36.1 Å². The predicted octanol–water partition coefficient (Wildman–Crippen LogP) is 6.12. The molecule has 302 valence electrons. The fourth-order valence-electron chi connectivity index (χ4n) is 8.18. The first-order valence-electron chi connectivity index (χ1n) is 19.7. The number of ether oxygens (including phenoxy) is 1. The summed E-state index contributed by atoms with van der Waals surface area (Å²) in [6.45, 7) is 12.6. The van der Waals surface area contributed by atoms with Crippen LogP contribution in [-0.4, -0.2) is 102 Å². The molecule has 0 aliphatic carbocycles. The second-order valence-electron chi connectivity index (χ2n) is 15.8. The van der Waals surface area contributed by atoms with Gasteiger partial charge in [-0.25, -0.2) is 4.98 Å². The van der Waals surface area contributed by atoms with Gasteiger partial charge in [0.05, 0.1) is 33.9 Å². The van der Waals surface area contributed by atoms with E-state index in [2.05, 4.69) is 42.5 Å². The highest BCUT2D eigenvalue weighted by atomic mass is 32.1. The van der Waals surface area contributed by atoms with Crippen LogP contribution in [0.2, 0.25) is 0 Å². The molecule has 8 rings (SSSR count). The maximum Gasteiger partial charge on any atom is 0.254 e. The number of nitrogens with zero attached hydrogens (tertiary/aromatic N) is 6. The Morgan fingerprint density at radius 3 is 2.55 bits per heavy atom. The second kappa shape index (κ2) is 16.3. The number of thiazole rings is 1. The van der Waals surface area contributed by atoms with E-state index >= 15 is 0 Å². The van der Waals surface area contributed by atoms with Gasteiger partial charge in [-0.2, -0.15) is 0 Å². The third-order valence-corrected chi connectivity index (χ3v) is 12.4. The zero-order chi connectivity index (χ0) is 40.7. The third-order valence-electron chi connectivity index (χ3n) is 11.4. The van der Waals surface area contributed by atoms with Crippen molar-refractivity contribution in [3.63, 3.8) is 0 Å². The van der Waals surface area contributed by atoms with E-state index in [9.17, 15) is 19.8 Å². The summed E-state index contributed by atoms with van der Waals surface area (Å²) < 4.78 is 11.7. The highest BCUT2D eigenvalue weighted by molar-refractivity contribution is 7.13. The number of phenols is 1. The first-order chi connectivity index (χ1) is 27.9. The van der Waals surface area contributed by atoms with Crippen LogP contribution in [0.3, 0.4) is 0 Å². The van der Waals surface area contributed by atoms with Crippen LogP contribution in [0, 0.1) is 19.8 Å². The van der Waals surface area contributed by atoms with Crippen molar-refractivity contribution in [1.29, 1.82) is 0 Å². The molecule has 6 heterocycles. The second-order valence-corrected chi connectivity index (χ2v) is 16.6. The van der Waals surface area contributed by atoms with Crippen molar-refractivity contribution >= 4 is 34.2 Å². The molecule has 58 heavy (non-hydrogen) atoms. The van der Waals surface area contributed by atoms with Gasteiger partial charge in [0, 0.05) is 61.2 Å². The number of aromatic amines is 1. The van der Waals surface area contributed by atoms with E-state index in [-0.39, 0.29) is 48.4 Å². The normalized spacial score (nSPS) is 18.4. The Balaban J connectivity index is 0.847. The number of likely N-dealkylation sites (tertiary alicyclic amines) is 2. The molecule has 2 saturated heterocycles. The number of H-pyrrole nitrogens is 1. The number of β-amino-alcohol motifs (C(OH)–C–C–N with tert-alkyl or cyclic N) is 1. The van der Waals surface area contributed by atoms with Gasteiger partial charge in [-0.1, -0.05) is 50.2 Å². The Hall–Kier alpha value is -5.64. The summed E-state index contributed by atoms with van der Waals surface area (Å²) in [4.78, 5) is 40.5. The molecule has 4 aromatic heterocycles. The largest absolute Gasteiger partial charge is 0.507 e. The molecule has 0 radical (unpaired) electrons. The number of hydrogen-bond donors (Lipinski definition) is 4. The van der Waals surface area contributed by atoms with E-state index in [1.807, 2.05) is 75.7 Å². The lowest BCUT2D eigenvalue weighted by atomic mass is 9.91. The first-order valence-corrected chi connectivity index (χ1v) is 20.6. The minimum absolute atomic E-state index is 0.0520. The third kappa shape index (κ3) is 7.81. The summed E-state index contributed by atoms with van der Waals surface area (Å²) >= 11 is 1.59. The van der Waals surface area contributed by atoms with Crippen molar-refractivity contribution in [3.8, 4) is 33.3 Å². The van der Waals surface area contributed by atoms with Gasteiger partial charge in [0.2, 0.25) is 11.8 Å². The van der Waals surface area contributed by atoms with Crippen LogP contribution in [0.1, 0.15) is 73.3 Å². The van der Waals surface area contributed by atoms with Crippen LogP contribution < -0.4 is 10.1 Å². The van der Waals surface area contributed by atoms with Gasteiger partial charge in [-0.15, -0.1) is 21.5 Å². The van der Waals surface area contributed by atoms with Gasteiger partial charge in [0.15, 0.2) is 11.4 Å². The van der Waals surface area contributed by atoms with Crippen LogP contribution in [0.25, 0.3) is 32.7 Å². The fraction of sp³-hybridized carbons (Fsp3) is 0.395. The fourth-order valence-corrected chi connectivity index (χ4v) is 8.99. The number of aliphatic hydroxyl groups is 1. The van der Waals surface area contributed by atoms with E-state index in [1.54, 1.807) is 29.5 Å². The number of para-hydroxylation sites is 1. The number of carbonyl (C=O) groups is 2. The van der Waals surface area contributed by atoms with E-state index < -0.39 is 18.1 Å². The van der Waals surface area contributed by atoms with Gasteiger partial charge in [-0.05, 0) is 66.7 Å². The lowest BCUT2D eigenvalue weighted by Crippen LogP contribution is -2.48. The summed E-state index contributed by atoms with van der Waals surface area (Å²) in [6.07, 6.45) is -0.675. The van der Waals surface area contributed by atoms with Crippen LogP contribution in [0.5, 0.6) is 11.6 Å². The van der Waals surface area contributed by atoms with E-state index in [1.165, 1.54) is 4.90 Å². The Bertz CT molecular complexity index is 2420. The Morgan fingerprint density at radius 2 is 1.83 bits per heavy atom. The molecule has 15 heteroatoms. The molecule has 0 saturated carbocycles. The minimum atomic E-state index is -0.827. The Kier molecular flexibility index (Phi) is 11.0. The molecule has 2 aliphatic rings. The number of aromatic nitrogens is 5. The smallest absolute Gasteiger partial charge is 0.254 e. The number of benzene rings is 2.